The lowest BCUT2D eigenvalue weighted by molar-refractivity contribution is 0.0696. The van der Waals surface area contributed by atoms with E-state index in [4.69, 9.17) is 0 Å². The van der Waals surface area contributed by atoms with Gasteiger partial charge in [0.1, 0.15) is 5.82 Å². The number of carboxylic acid groups (broad SMARTS) is 1. The lowest BCUT2D eigenvalue weighted by atomic mass is 10.1. The topological polar surface area (TPSA) is 62.2 Å². The van der Waals surface area contributed by atoms with E-state index in [1.807, 2.05) is 6.92 Å². The fourth-order valence-electron chi connectivity index (χ4n) is 2.35. The molecule has 0 fully saturated rings. The number of nitrogens with zero attached hydrogens (tertiary/aromatic N) is 1. The van der Waals surface area contributed by atoms with Crippen molar-refractivity contribution in [2.24, 2.45) is 0 Å². The smallest absolute Gasteiger partial charge is 0.335 e. The highest BCUT2D eigenvalue weighted by atomic mass is 32.1. The number of aryl methyl sites for hydroxylation is 3. The van der Waals surface area contributed by atoms with Crippen molar-refractivity contribution >= 4 is 23.1 Å². The monoisotopic (exact) mass is 304 g/mol. The second kappa shape index (κ2) is 6.26. The van der Waals surface area contributed by atoms with Crippen molar-refractivity contribution in [2.75, 3.05) is 5.32 Å². The van der Waals surface area contributed by atoms with Gasteiger partial charge in [0.05, 0.1) is 11.6 Å². The Labute approximate surface area is 128 Å². The van der Waals surface area contributed by atoms with Gasteiger partial charge in [-0.15, -0.1) is 11.3 Å². The normalized spacial score (nSPS) is 12.2. The number of anilines is 1. The Balaban J connectivity index is 2.28. The zero-order valence-electron chi connectivity index (χ0n) is 12.7. The van der Waals surface area contributed by atoms with Crippen LogP contribution >= 0.6 is 11.3 Å². The van der Waals surface area contributed by atoms with Crippen LogP contribution in [0.1, 0.15) is 51.3 Å². The molecule has 4 nitrogen and oxygen atoms in total. The van der Waals surface area contributed by atoms with Crippen LogP contribution in [0, 0.1) is 13.8 Å². The highest BCUT2D eigenvalue weighted by molar-refractivity contribution is 7.12. The Morgan fingerprint density at radius 1 is 1.38 bits per heavy atom. The molecule has 2 heterocycles. The number of thiophene rings is 1. The van der Waals surface area contributed by atoms with Crippen LogP contribution in [0.2, 0.25) is 0 Å². The first-order valence-corrected chi connectivity index (χ1v) is 7.80. The van der Waals surface area contributed by atoms with Crippen LogP contribution < -0.4 is 5.32 Å². The molecule has 2 N–H and O–H groups in total. The second-order valence-corrected chi connectivity index (χ2v) is 6.59. The predicted octanol–water partition coefficient (Wildman–Crippen LogP) is 4.19. The van der Waals surface area contributed by atoms with Crippen LogP contribution in [-0.4, -0.2) is 16.1 Å². The Hall–Kier alpha value is -1.88. The molecule has 0 radical (unpaired) electrons. The van der Waals surface area contributed by atoms with Crippen LogP contribution in [0.3, 0.4) is 0 Å². The van der Waals surface area contributed by atoms with Crippen LogP contribution in [0.15, 0.2) is 18.2 Å². The maximum absolute atomic E-state index is 11.2. The van der Waals surface area contributed by atoms with E-state index in [1.165, 1.54) is 15.3 Å². The quantitative estimate of drug-likeness (QED) is 0.869. The molecule has 21 heavy (non-hydrogen) atoms. The lowest BCUT2D eigenvalue weighted by Gasteiger charge is -2.16. The first kappa shape index (κ1) is 15.5. The SMILES string of the molecule is CCc1cc(C(=O)O)cc(NC(C)c2cc(C)sc2C)n1. The molecule has 0 amide bonds. The summed E-state index contributed by atoms with van der Waals surface area (Å²) in [7, 11) is 0. The number of carbonyl (C=O) groups is 1. The van der Waals surface area contributed by atoms with Gasteiger partial charge in [0, 0.05) is 15.4 Å². The number of rotatable bonds is 5. The second-order valence-electron chi connectivity index (χ2n) is 5.13. The Morgan fingerprint density at radius 2 is 2.10 bits per heavy atom. The highest BCUT2D eigenvalue weighted by Gasteiger charge is 2.14. The standard InChI is InChI=1S/C16H20N2O2S/c1-5-13-7-12(16(19)20)8-15(18-13)17-10(3)14-6-9(2)21-11(14)4/h6-8,10H,5H2,1-4H3,(H,17,18)(H,19,20). The molecule has 1 unspecified atom stereocenters. The van der Waals surface area contributed by atoms with Gasteiger partial charge in [-0.2, -0.15) is 0 Å². The minimum absolute atomic E-state index is 0.0937. The van der Waals surface area contributed by atoms with Gasteiger partial charge in [0.15, 0.2) is 0 Å². The van der Waals surface area contributed by atoms with Crippen LogP contribution in [0.5, 0.6) is 0 Å². The maximum atomic E-state index is 11.2. The van der Waals surface area contributed by atoms with Gasteiger partial charge < -0.3 is 10.4 Å². The summed E-state index contributed by atoms with van der Waals surface area (Å²) in [6, 6.07) is 5.47. The summed E-state index contributed by atoms with van der Waals surface area (Å²) in [5.41, 5.74) is 2.29. The molecule has 0 spiro atoms. The maximum Gasteiger partial charge on any atom is 0.335 e. The van der Waals surface area contributed by atoms with E-state index in [-0.39, 0.29) is 11.6 Å². The summed E-state index contributed by atoms with van der Waals surface area (Å²) in [5, 5.41) is 12.5. The van der Waals surface area contributed by atoms with E-state index in [1.54, 1.807) is 23.5 Å². The van der Waals surface area contributed by atoms with Crippen molar-refractivity contribution in [3.63, 3.8) is 0 Å². The first-order chi connectivity index (χ1) is 9.90. The molecule has 0 aromatic carbocycles. The number of hydrogen-bond acceptors (Lipinski definition) is 4. The highest BCUT2D eigenvalue weighted by Crippen LogP contribution is 2.28. The molecule has 2 rings (SSSR count). The fourth-order valence-corrected chi connectivity index (χ4v) is 3.37. The van der Waals surface area contributed by atoms with Crippen molar-refractivity contribution in [1.29, 1.82) is 0 Å². The molecular weight excluding hydrogens is 284 g/mol. The molecule has 0 saturated carbocycles. The van der Waals surface area contributed by atoms with E-state index in [2.05, 4.69) is 37.1 Å². The van der Waals surface area contributed by atoms with Crippen molar-refractivity contribution in [1.82, 2.24) is 4.98 Å². The van der Waals surface area contributed by atoms with E-state index in [0.29, 0.717) is 12.2 Å². The molecule has 5 heteroatoms. The minimum atomic E-state index is -0.926. The molecule has 2 aromatic rings. The van der Waals surface area contributed by atoms with Gasteiger partial charge in [-0.3, -0.25) is 0 Å². The zero-order chi connectivity index (χ0) is 15.6. The molecule has 0 bridgehead atoms. The van der Waals surface area contributed by atoms with Gasteiger partial charge >= 0.3 is 5.97 Å². The number of aromatic carboxylic acids is 1. The predicted molar refractivity (Wildman–Crippen MR) is 86.4 cm³/mol. The van der Waals surface area contributed by atoms with Crippen LogP contribution in [-0.2, 0) is 6.42 Å². The summed E-state index contributed by atoms with van der Waals surface area (Å²) >= 11 is 1.77. The van der Waals surface area contributed by atoms with Gasteiger partial charge in [0.25, 0.3) is 0 Å². The molecule has 0 aliphatic rings. The average molecular weight is 304 g/mol. The summed E-state index contributed by atoms with van der Waals surface area (Å²) < 4.78 is 0. The molecular formula is C16H20N2O2S. The van der Waals surface area contributed by atoms with Crippen molar-refractivity contribution in [2.45, 2.75) is 40.2 Å². The summed E-state index contributed by atoms with van der Waals surface area (Å²) in [6.07, 6.45) is 0.709. The average Bonchev–Trinajstić information content (AvgIpc) is 2.77. The molecule has 112 valence electrons. The summed E-state index contributed by atoms with van der Waals surface area (Å²) in [6.45, 7) is 8.22. The molecule has 0 aliphatic heterocycles. The van der Waals surface area contributed by atoms with Crippen LogP contribution in [0.4, 0.5) is 5.82 Å². The number of nitrogens with one attached hydrogen (secondary N) is 1. The Bertz CT molecular complexity index is 664. The third-order valence-electron chi connectivity index (χ3n) is 3.40. The number of carboxylic acids is 1. The summed E-state index contributed by atoms with van der Waals surface area (Å²) in [4.78, 5) is 18.2. The fraction of sp³-hybridized carbons (Fsp3) is 0.375. The van der Waals surface area contributed by atoms with E-state index >= 15 is 0 Å². The third kappa shape index (κ3) is 3.61. The van der Waals surface area contributed by atoms with Gasteiger partial charge in [-0.05, 0) is 51.0 Å². The van der Waals surface area contributed by atoms with Gasteiger partial charge in [-0.25, -0.2) is 9.78 Å². The molecule has 2 aromatic heterocycles. The number of aromatic nitrogens is 1. The Kier molecular flexibility index (Phi) is 4.63. The lowest BCUT2D eigenvalue weighted by Crippen LogP contribution is -2.10. The Morgan fingerprint density at radius 3 is 2.62 bits per heavy atom. The van der Waals surface area contributed by atoms with Crippen molar-refractivity contribution in [3.05, 3.63) is 44.8 Å². The third-order valence-corrected chi connectivity index (χ3v) is 4.38. The minimum Gasteiger partial charge on any atom is -0.478 e. The number of pyridine rings is 1. The van der Waals surface area contributed by atoms with E-state index in [9.17, 15) is 9.90 Å². The van der Waals surface area contributed by atoms with Crippen LogP contribution in [0.25, 0.3) is 0 Å². The summed E-state index contributed by atoms with van der Waals surface area (Å²) in [5.74, 6) is -0.312. The molecule has 0 saturated heterocycles. The van der Waals surface area contributed by atoms with Gasteiger partial charge in [0.2, 0.25) is 0 Å². The van der Waals surface area contributed by atoms with E-state index in [0.717, 1.165) is 5.69 Å². The van der Waals surface area contributed by atoms with E-state index < -0.39 is 5.97 Å². The van der Waals surface area contributed by atoms with Gasteiger partial charge in [-0.1, -0.05) is 6.92 Å². The zero-order valence-corrected chi connectivity index (χ0v) is 13.5. The first-order valence-electron chi connectivity index (χ1n) is 6.98. The molecule has 1 atom stereocenters. The largest absolute Gasteiger partial charge is 0.478 e. The van der Waals surface area contributed by atoms with Crippen molar-refractivity contribution in [3.8, 4) is 0 Å². The van der Waals surface area contributed by atoms with Crippen molar-refractivity contribution < 1.29 is 9.90 Å². The molecule has 0 aliphatic carbocycles. The number of hydrogen-bond donors (Lipinski definition) is 2.